The molecule has 3 rings (SSSR count). The fraction of sp³-hybridized carbons (Fsp3) is 0.267. The molecule has 5 heteroatoms. The molecule has 0 atom stereocenters. The second-order valence-electron chi connectivity index (χ2n) is 4.39. The highest BCUT2D eigenvalue weighted by molar-refractivity contribution is 5.51. The molecule has 20 heavy (non-hydrogen) atoms. The van der Waals surface area contributed by atoms with Crippen molar-refractivity contribution < 1.29 is 19.3 Å². The summed E-state index contributed by atoms with van der Waals surface area (Å²) >= 11 is 0. The lowest BCUT2D eigenvalue weighted by Crippen LogP contribution is -2.04. The molecule has 2 heterocycles. The van der Waals surface area contributed by atoms with E-state index in [2.05, 4.69) is 4.98 Å². The molecule has 1 aromatic heterocycles. The topological polar surface area (TPSA) is 60.8 Å². The molecule has 0 saturated heterocycles. The molecule has 0 aliphatic carbocycles. The van der Waals surface area contributed by atoms with E-state index in [1.807, 2.05) is 18.2 Å². The molecule has 0 spiro atoms. The standard InChI is InChI=1S/C15H15NO4/c17-9-11-7-14-15(20-10-19-14)8-13(11)18-6-4-12-3-1-2-5-16-12/h1-3,5,7-8,17H,4,6,9-10H2. The van der Waals surface area contributed by atoms with Gasteiger partial charge < -0.3 is 19.3 Å². The monoisotopic (exact) mass is 273 g/mol. The highest BCUT2D eigenvalue weighted by atomic mass is 16.7. The summed E-state index contributed by atoms with van der Waals surface area (Å²) in [5, 5.41) is 9.38. The second-order valence-corrected chi connectivity index (χ2v) is 4.39. The Morgan fingerprint density at radius 2 is 2.05 bits per heavy atom. The summed E-state index contributed by atoms with van der Waals surface area (Å²) in [5.74, 6) is 1.91. The van der Waals surface area contributed by atoms with Crippen molar-refractivity contribution in [1.29, 1.82) is 0 Å². The number of ether oxygens (including phenoxy) is 3. The van der Waals surface area contributed by atoms with Crippen LogP contribution in [0.25, 0.3) is 0 Å². The van der Waals surface area contributed by atoms with Gasteiger partial charge in [0.05, 0.1) is 13.2 Å². The first-order valence-electron chi connectivity index (χ1n) is 6.43. The minimum atomic E-state index is -0.102. The number of rotatable bonds is 5. The average molecular weight is 273 g/mol. The van der Waals surface area contributed by atoms with Gasteiger partial charge in [-0.2, -0.15) is 0 Å². The van der Waals surface area contributed by atoms with Gasteiger partial charge in [0, 0.05) is 29.9 Å². The van der Waals surface area contributed by atoms with E-state index in [4.69, 9.17) is 14.2 Å². The number of hydrogen-bond acceptors (Lipinski definition) is 5. The Balaban J connectivity index is 1.68. The minimum absolute atomic E-state index is 0.102. The third-order valence-electron chi connectivity index (χ3n) is 3.07. The van der Waals surface area contributed by atoms with Crippen molar-refractivity contribution >= 4 is 0 Å². The fourth-order valence-corrected chi connectivity index (χ4v) is 2.03. The highest BCUT2D eigenvalue weighted by Gasteiger charge is 2.17. The van der Waals surface area contributed by atoms with Crippen molar-refractivity contribution in [1.82, 2.24) is 4.98 Å². The van der Waals surface area contributed by atoms with E-state index < -0.39 is 0 Å². The lowest BCUT2D eigenvalue weighted by molar-refractivity contribution is 0.173. The fourth-order valence-electron chi connectivity index (χ4n) is 2.03. The molecule has 5 nitrogen and oxygen atoms in total. The molecule has 1 N–H and O–H groups in total. The number of nitrogens with zero attached hydrogens (tertiary/aromatic N) is 1. The summed E-state index contributed by atoms with van der Waals surface area (Å²) in [6, 6.07) is 9.29. The minimum Gasteiger partial charge on any atom is -0.493 e. The van der Waals surface area contributed by atoms with Gasteiger partial charge in [0.25, 0.3) is 0 Å². The zero-order valence-electron chi connectivity index (χ0n) is 10.9. The van der Waals surface area contributed by atoms with E-state index in [0.29, 0.717) is 35.8 Å². The van der Waals surface area contributed by atoms with E-state index >= 15 is 0 Å². The molecule has 0 unspecified atom stereocenters. The van der Waals surface area contributed by atoms with E-state index in [0.717, 1.165) is 5.69 Å². The first kappa shape index (κ1) is 12.7. The van der Waals surface area contributed by atoms with Gasteiger partial charge in [0.2, 0.25) is 6.79 Å². The summed E-state index contributed by atoms with van der Waals surface area (Å²) in [4.78, 5) is 4.24. The third-order valence-corrected chi connectivity index (χ3v) is 3.07. The summed E-state index contributed by atoms with van der Waals surface area (Å²) in [6.07, 6.45) is 2.47. The molecule has 0 radical (unpaired) electrons. The van der Waals surface area contributed by atoms with Crippen LogP contribution in [0.4, 0.5) is 0 Å². The molecule has 0 bridgehead atoms. The highest BCUT2D eigenvalue weighted by Crippen LogP contribution is 2.38. The maximum absolute atomic E-state index is 9.38. The van der Waals surface area contributed by atoms with Gasteiger partial charge >= 0.3 is 0 Å². The largest absolute Gasteiger partial charge is 0.493 e. The average Bonchev–Trinajstić information content (AvgIpc) is 2.94. The number of hydrogen-bond donors (Lipinski definition) is 1. The number of aromatic nitrogens is 1. The van der Waals surface area contributed by atoms with Crippen LogP contribution in [0.3, 0.4) is 0 Å². The van der Waals surface area contributed by atoms with Gasteiger partial charge in [-0.15, -0.1) is 0 Å². The molecule has 1 aromatic carbocycles. The van der Waals surface area contributed by atoms with Crippen molar-refractivity contribution in [2.75, 3.05) is 13.4 Å². The van der Waals surface area contributed by atoms with Gasteiger partial charge in [-0.1, -0.05) is 6.07 Å². The van der Waals surface area contributed by atoms with Gasteiger partial charge in [0.15, 0.2) is 11.5 Å². The Morgan fingerprint density at radius 1 is 1.20 bits per heavy atom. The van der Waals surface area contributed by atoms with Crippen molar-refractivity contribution in [3.8, 4) is 17.2 Å². The molecule has 104 valence electrons. The maximum atomic E-state index is 9.38. The lowest BCUT2D eigenvalue weighted by atomic mass is 10.2. The normalized spacial score (nSPS) is 12.4. The SMILES string of the molecule is OCc1cc2c(cc1OCCc1ccccn1)OCO2. The summed E-state index contributed by atoms with van der Waals surface area (Å²) in [5.41, 5.74) is 1.66. The van der Waals surface area contributed by atoms with Crippen molar-refractivity contribution in [2.24, 2.45) is 0 Å². The van der Waals surface area contributed by atoms with Crippen LogP contribution >= 0.6 is 0 Å². The van der Waals surface area contributed by atoms with Crippen LogP contribution in [0.2, 0.25) is 0 Å². The van der Waals surface area contributed by atoms with Gasteiger partial charge in [0.1, 0.15) is 5.75 Å². The molecule has 1 aliphatic rings. The van der Waals surface area contributed by atoms with Gasteiger partial charge in [-0.25, -0.2) is 0 Å². The Morgan fingerprint density at radius 3 is 2.80 bits per heavy atom. The first-order chi connectivity index (χ1) is 9.86. The molecule has 2 aromatic rings. The molecular formula is C15H15NO4. The van der Waals surface area contributed by atoms with Crippen LogP contribution in [0.1, 0.15) is 11.3 Å². The Kier molecular flexibility index (Phi) is 3.69. The van der Waals surface area contributed by atoms with Crippen molar-refractivity contribution in [3.05, 3.63) is 47.8 Å². The van der Waals surface area contributed by atoms with Crippen molar-refractivity contribution in [2.45, 2.75) is 13.0 Å². The molecular weight excluding hydrogens is 258 g/mol. The van der Waals surface area contributed by atoms with Gasteiger partial charge in [-0.3, -0.25) is 4.98 Å². The Labute approximate surface area is 116 Å². The van der Waals surface area contributed by atoms with Crippen LogP contribution in [0, 0.1) is 0 Å². The van der Waals surface area contributed by atoms with E-state index in [1.165, 1.54) is 0 Å². The predicted octanol–water partition coefficient (Wildman–Crippen LogP) is 1.92. The quantitative estimate of drug-likeness (QED) is 0.902. The van der Waals surface area contributed by atoms with Crippen LogP contribution in [-0.4, -0.2) is 23.5 Å². The first-order valence-corrected chi connectivity index (χ1v) is 6.43. The number of pyridine rings is 1. The number of aliphatic hydroxyl groups is 1. The van der Waals surface area contributed by atoms with Crippen LogP contribution in [-0.2, 0) is 13.0 Å². The summed E-state index contributed by atoms with van der Waals surface area (Å²) in [7, 11) is 0. The summed E-state index contributed by atoms with van der Waals surface area (Å²) in [6.45, 7) is 0.594. The Hall–Kier alpha value is -2.27. The van der Waals surface area contributed by atoms with Crippen LogP contribution in [0.5, 0.6) is 17.2 Å². The summed E-state index contributed by atoms with van der Waals surface area (Å²) < 4.78 is 16.3. The third kappa shape index (κ3) is 2.67. The number of aliphatic hydroxyl groups excluding tert-OH is 1. The zero-order valence-corrected chi connectivity index (χ0v) is 10.9. The second kappa shape index (κ2) is 5.79. The van der Waals surface area contributed by atoms with E-state index in [-0.39, 0.29) is 13.4 Å². The van der Waals surface area contributed by atoms with E-state index in [1.54, 1.807) is 18.3 Å². The van der Waals surface area contributed by atoms with Crippen LogP contribution < -0.4 is 14.2 Å². The lowest BCUT2D eigenvalue weighted by Gasteiger charge is -2.11. The van der Waals surface area contributed by atoms with Gasteiger partial charge in [-0.05, 0) is 18.2 Å². The molecule has 0 amide bonds. The Bertz CT molecular complexity index is 586. The van der Waals surface area contributed by atoms with Crippen LogP contribution in [0.15, 0.2) is 36.5 Å². The van der Waals surface area contributed by atoms with E-state index in [9.17, 15) is 5.11 Å². The maximum Gasteiger partial charge on any atom is 0.231 e. The smallest absolute Gasteiger partial charge is 0.231 e. The molecule has 0 fully saturated rings. The number of benzene rings is 1. The predicted molar refractivity (Wildman–Crippen MR) is 71.9 cm³/mol. The number of fused-ring (bicyclic) bond motifs is 1. The van der Waals surface area contributed by atoms with Crippen molar-refractivity contribution in [3.63, 3.8) is 0 Å². The molecule has 0 saturated carbocycles. The molecule has 1 aliphatic heterocycles. The zero-order chi connectivity index (χ0) is 13.8.